The van der Waals surface area contributed by atoms with Crippen molar-refractivity contribution in [2.45, 2.75) is 26.2 Å². The molecule has 23 heavy (non-hydrogen) atoms. The van der Waals surface area contributed by atoms with E-state index in [1.165, 1.54) is 25.5 Å². The average Bonchev–Trinajstić information content (AvgIpc) is 2.59. The molecular weight excluding hydrogens is 312 g/mol. The standard InChI is InChI=1S/C17H19ClN4O/c1-12-5-6-13(9-14(12)18)21-17(23)15-10-20-16(11-19-15)22-7-3-2-4-8-22/h5-6,9-11H,2-4,7-8H2,1H3,(H,21,23). The number of hydrogen-bond donors (Lipinski definition) is 1. The summed E-state index contributed by atoms with van der Waals surface area (Å²) in [6.07, 6.45) is 6.82. The molecule has 0 bridgehead atoms. The van der Waals surface area contributed by atoms with Crippen LogP contribution in [0.3, 0.4) is 0 Å². The normalized spacial score (nSPS) is 14.6. The summed E-state index contributed by atoms with van der Waals surface area (Å²) >= 11 is 6.07. The number of carbonyl (C=O) groups is 1. The minimum Gasteiger partial charge on any atom is -0.355 e. The van der Waals surface area contributed by atoms with Crippen LogP contribution in [0.1, 0.15) is 35.3 Å². The van der Waals surface area contributed by atoms with Crippen LogP contribution in [0.15, 0.2) is 30.6 Å². The van der Waals surface area contributed by atoms with Crippen LogP contribution in [0.2, 0.25) is 5.02 Å². The Balaban J connectivity index is 1.68. The number of nitrogens with zero attached hydrogens (tertiary/aromatic N) is 3. The number of amides is 1. The molecule has 5 nitrogen and oxygen atoms in total. The van der Waals surface area contributed by atoms with Crippen LogP contribution in [-0.2, 0) is 0 Å². The van der Waals surface area contributed by atoms with Crippen molar-refractivity contribution in [2.75, 3.05) is 23.3 Å². The highest BCUT2D eigenvalue weighted by Crippen LogP contribution is 2.20. The highest BCUT2D eigenvalue weighted by molar-refractivity contribution is 6.31. The molecule has 1 aliphatic heterocycles. The Hall–Kier alpha value is -2.14. The number of piperidine rings is 1. The lowest BCUT2D eigenvalue weighted by Gasteiger charge is -2.27. The molecule has 0 saturated carbocycles. The van der Waals surface area contributed by atoms with Crippen LogP contribution in [0.4, 0.5) is 11.5 Å². The van der Waals surface area contributed by atoms with Gasteiger partial charge >= 0.3 is 0 Å². The van der Waals surface area contributed by atoms with Gasteiger partial charge in [-0.3, -0.25) is 4.79 Å². The van der Waals surface area contributed by atoms with Crippen molar-refractivity contribution in [3.63, 3.8) is 0 Å². The van der Waals surface area contributed by atoms with Crippen LogP contribution in [0.5, 0.6) is 0 Å². The second-order valence-electron chi connectivity index (χ2n) is 5.73. The highest BCUT2D eigenvalue weighted by Gasteiger charge is 2.14. The van der Waals surface area contributed by atoms with Crippen LogP contribution >= 0.6 is 11.6 Å². The molecule has 1 amide bonds. The lowest BCUT2D eigenvalue weighted by atomic mass is 10.1. The lowest BCUT2D eigenvalue weighted by Crippen LogP contribution is -2.30. The Kier molecular flexibility index (Phi) is 4.76. The van der Waals surface area contributed by atoms with Crippen molar-refractivity contribution in [1.82, 2.24) is 9.97 Å². The molecule has 2 heterocycles. The van der Waals surface area contributed by atoms with Crippen molar-refractivity contribution in [1.29, 1.82) is 0 Å². The number of benzene rings is 1. The molecule has 3 rings (SSSR count). The molecule has 1 N–H and O–H groups in total. The Bertz CT molecular complexity index is 696. The maximum atomic E-state index is 12.2. The molecule has 1 aromatic carbocycles. The summed E-state index contributed by atoms with van der Waals surface area (Å²) in [7, 11) is 0. The van der Waals surface area contributed by atoms with Gasteiger partial charge in [-0.15, -0.1) is 0 Å². The van der Waals surface area contributed by atoms with Gasteiger partial charge in [-0.25, -0.2) is 9.97 Å². The first-order valence-electron chi connectivity index (χ1n) is 7.78. The van der Waals surface area contributed by atoms with E-state index in [0.717, 1.165) is 24.5 Å². The lowest BCUT2D eigenvalue weighted by molar-refractivity contribution is 0.102. The van der Waals surface area contributed by atoms with E-state index in [2.05, 4.69) is 20.2 Å². The molecule has 0 radical (unpaired) electrons. The molecule has 0 atom stereocenters. The number of nitrogens with one attached hydrogen (secondary N) is 1. The van der Waals surface area contributed by atoms with Crippen LogP contribution < -0.4 is 10.2 Å². The van der Waals surface area contributed by atoms with Gasteiger partial charge in [-0.2, -0.15) is 0 Å². The number of anilines is 2. The molecule has 0 aliphatic carbocycles. The predicted octanol–water partition coefficient (Wildman–Crippen LogP) is 3.68. The fourth-order valence-electron chi connectivity index (χ4n) is 2.59. The molecule has 2 aromatic rings. The monoisotopic (exact) mass is 330 g/mol. The molecule has 6 heteroatoms. The van der Waals surface area contributed by atoms with Crippen molar-refractivity contribution in [3.05, 3.63) is 46.9 Å². The number of halogens is 1. The first-order chi connectivity index (χ1) is 11.1. The molecule has 0 unspecified atom stereocenters. The topological polar surface area (TPSA) is 58.1 Å². The van der Waals surface area contributed by atoms with Crippen molar-refractivity contribution in [3.8, 4) is 0 Å². The second kappa shape index (κ2) is 6.96. The van der Waals surface area contributed by atoms with Crippen molar-refractivity contribution >= 4 is 29.0 Å². The van der Waals surface area contributed by atoms with Gasteiger partial charge in [0.1, 0.15) is 11.5 Å². The molecule has 1 saturated heterocycles. The van der Waals surface area contributed by atoms with E-state index < -0.39 is 0 Å². The summed E-state index contributed by atoms with van der Waals surface area (Å²) in [6, 6.07) is 5.40. The van der Waals surface area contributed by atoms with E-state index >= 15 is 0 Å². The van der Waals surface area contributed by atoms with Gasteiger partial charge in [-0.05, 0) is 43.9 Å². The molecule has 1 fully saturated rings. The Morgan fingerprint density at radius 3 is 2.61 bits per heavy atom. The van der Waals surface area contributed by atoms with Gasteiger partial charge in [0, 0.05) is 23.8 Å². The van der Waals surface area contributed by atoms with Gasteiger partial charge < -0.3 is 10.2 Å². The van der Waals surface area contributed by atoms with E-state index in [9.17, 15) is 4.79 Å². The van der Waals surface area contributed by atoms with Gasteiger partial charge in [0.2, 0.25) is 0 Å². The summed E-state index contributed by atoms with van der Waals surface area (Å²) in [5, 5.41) is 3.41. The van der Waals surface area contributed by atoms with E-state index in [0.29, 0.717) is 16.4 Å². The summed E-state index contributed by atoms with van der Waals surface area (Å²) in [6.45, 7) is 3.92. The number of rotatable bonds is 3. The first kappa shape index (κ1) is 15.7. The maximum Gasteiger partial charge on any atom is 0.275 e. The summed E-state index contributed by atoms with van der Waals surface area (Å²) in [4.78, 5) is 23.0. The Labute approximate surface area is 140 Å². The molecule has 120 valence electrons. The van der Waals surface area contributed by atoms with Gasteiger partial charge in [0.15, 0.2) is 0 Å². The minimum absolute atomic E-state index is 0.289. The molecule has 1 aliphatic rings. The third-order valence-corrected chi connectivity index (χ3v) is 4.39. The van der Waals surface area contributed by atoms with Crippen LogP contribution in [0, 0.1) is 6.92 Å². The van der Waals surface area contributed by atoms with E-state index in [1.54, 1.807) is 12.3 Å². The van der Waals surface area contributed by atoms with Gasteiger partial charge in [0.25, 0.3) is 5.91 Å². The average molecular weight is 331 g/mol. The third-order valence-electron chi connectivity index (χ3n) is 3.98. The fraction of sp³-hybridized carbons (Fsp3) is 0.353. The highest BCUT2D eigenvalue weighted by atomic mass is 35.5. The number of aryl methyl sites for hydroxylation is 1. The molecular formula is C17H19ClN4O. The Morgan fingerprint density at radius 2 is 1.96 bits per heavy atom. The van der Waals surface area contributed by atoms with E-state index in [-0.39, 0.29) is 5.91 Å². The molecule has 1 aromatic heterocycles. The number of carbonyl (C=O) groups excluding carboxylic acids is 1. The Morgan fingerprint density at radius 1 is 1.17 bits per heavy atom. The SMILES string of the molecule is Cc1ccc(NC(=O)c2cnc(N3CCCCC3)cn2)cc1Cl. The third kappa shape index (κ3) is 3.79. The zero-order chi connectivity index (χ0) is 16.2. The predicted molar refractivity (Wildman–Crippen MR) is 92.2 cm³/mol. The fourth-order valence-corrected chi connectivity index (χ4v) is 2.77. The maximum absolute atomic E-state index is 12.2. The number of aromatic nitrogens is 2. The van der Waals surface area contributed by atoms with Crippen LogP contribution in [0.25, 0.3) is 0 Å². The summed E-state index contributed by atoms with van der Waals surface area (Å²) in [5.41, 5.74) is 1.91. The zero-order valence-corrected chi connectivity index (χ0v) is 13.8. The quantitative estimate of drug-likeness (QED) is 0.932. The van der Waals surface area contributed by atoms with Crippen molar-refractivity contribution in [2.24, 2.45) is 0 Å². The van der Waals surface area contributed by atoms with Gasteiger partial charge in [0.05, 0.1) is 12.4 Å². The van der Waals surface area contributed by atoms with Gasteiger partial charge in [-0.1, -0.05) is 17.7 Å². The molecule has 0 spiro atoms. The van der Waals surface area contributed by atoms with E-state index in [4.69, 9.17) is 11.6 Å². The van der Waals surface area contributed by atoms with Crippen molar-refractivity contribution < 1.29 is 4.79 Å². The van der Waals surface area contributed by atoms with Crippen LogP contribution in [-0.4, -0.2) is 29.0 Å². The zero-order valence-electron chi connectivity index (χ0n) is 13.1. The minimum atomic E-state index is -0.289. The summed E-state index contributed by atoms with van der Waals surface area (Å²) in [5.74, 6) is 0.544. The second-order valence-corrected chi connectivity index (χ2v) is 6.13. The summed E-state index contributed by atoms with van der Waals surface area (Å²) < 4.78 is 0. The smallest absolute Gasteiger partial charge is 0.275 e. The number of hydrogen-bond acceptors (Lipinski definition) is 4. The van der Waals surface area contributed by atoms with E-state index in [1.807, 2.05) is 19.1 Å². The first-order valence-corrected chi connectivity index (χ1v) is 8.16. The largest absolute Gasteiger partial charge is 0.355 e.